The van der Waals surface area contributed by atoms with E-state index in [1.165, 1.54) is 5.57 Å². The lowest BCUT2D eigenvalue weighted by molar-refractivity contribution is 0.551. The number of nitrogens with zero attached hydrogens (tertiary/aromatic N) is 1. The molecule has 1 nitrogen and oxygen atoms in total. The van der Waals surface area contributed by atoms with Crippen molar-refractivity contribution in [1.29, 1.82) is 5.26 Å². The molecule has 0 radical (unpaired) electrons. The Hall–Kier alpha value is -0.770. The van der Waals surface area contributed by atoms with Crippen LogP contribution in [0.15, 0.2) is 11.6 Å². The summed E-state index contributed by atoms with van der Waals surface area (Å²) in [4.78, 5) is 0. The topological polar surface area (TPSA) is 23.8 Å². The van der Waals surface area contributed by atoms with Crippen LogP contribution in [0.1, 0.15) is 40.0 Å². The van der Waals surface area contributed by atoms with E-state index in [1.807, 2.05) is 0 Å². The highest BCUT2D eigenvalue weighted by atomic mass is 14.2. The maximum atomic E-state index is 8.38. The summed E-state index contributed by atoms with van der Waals surface area (Å²) in [5.41, 5.74) is 1.37. The van der Waals surface area contributed by atoms with Crippen molar-refractivity contribution in [2.75, 3.05) is 0 Å². The summed E-state index contributed by atoms with van der Waals surface area (Å²) in [6, 6.07) is 2.18. The zero-order valence-electron chi connectivity index (χ0n) is 7.72. The summed E-state index contributed by atoms with van der Waals surface area (Å²) in [5, 5.41) is 8.38. The van der Waals surface area contributed by atoms with Crippen molar-refractivity contribution < 1.29 is 0 Å². The van der Waals surface area contributed by atoms with Crippen molar-refractivity contribution in [3.8, 4) is 6.07 Å². The number of allylic oxidation sites excluding steroid dienone is 2. The lowest BCUT2D eigenvalue weighted by Gasteiger charge is -2.02. The first kappa shape index (κ1) is 10.2. The highest BCUT2D eigenvalue weighted by molar-refractivity contribution is 4.93. The quantitative estimate of drug-likeness (QED) is 0.566. The van der Waals surface area contributed by atoms with Crippen LogP contribution in [0.5, 0.6) is 0 Å². The van der Waals surface area contributed by atoms with Crippen LogP contribution in [0.25, 0.3) is 0 Å². The van der Waals surface area contributed by atoms with E-state index in [0.717, 1.165) is 12.8 Å². The lowest BCUT2D eigenvalue weighted by atomic mass is 10.0. The molecule has 0 saturated carbocycles. The average molecular weight is 151 g/mol. The molecule has 62 valence electrons. The summed E-state index contributed by atoms with van der Waals surface area (Å²) >= 11 is 0. The third kappa shape index (κ3) is 7.12. The molecule has 0 fully saturated rings. The van der Waals surface area contributed by atoms with Crippen LogP contribution >= 0.6 is 0 Å². The summed E-state index contributed by atoms with van der Waals surface area (Å²) in [7, 11) is 0. The molecule has 0 heterocycles. The van der Waals surface area contributed by atoms with E-state index in [0.29, 0.717) is 12.3 Å². The fourth-order valence-corrected chi connectivity index (χ4v) is 0.914. The highest BCUT2D eigenvalue weighted by Gasteiger charge is 1.98. The maximum Gasteiger partial charge on any atom is 0.0624 e. The monoisotopic (exact) mass is 151 g/mol. The van der Waals surface area contributed by atoms with E-state index in [-0.39, 0.29) is 0 Å². The Morgan fingerprint density at radius 3 is 2.64 bits per heavy atom. The molecule has 0 rings (SSSR count). The van der Waals surface area contributed by atoms with Crippen molar-refractivity contribution in [3.05, 3.63) is 11.6 Å². The highest BCUT2D eigenvalue weighted by Crippen LogP contribution is 2.10. The minimum Gasteiger partial charge on any atom is -0.198 e. The van der Waals surface area contributed by atoms with Gasteiger partial charge in [0.15, 0.2) is 0 Å². The third-order valence-electron chi connectivity index (χ3n) is 1.65. The van der Waals surface area contributed by atoms with Gasteiger partial charge < -0.3 is 0 Å². The SMILES string of the molecule is CC(C)=CCCC(C)CC#N. The van der Waals surface area contributed by atoms with E-state index in [1.54, 1.807) is 0 Å². The van der Waals surface area contributed by atoms with Crippen LogP contribution in [0, 0.1) is 17.2 Å². The molecule has 0 aromatic carbocycles. The second-order valence-corrected chi connectivity index (χ2v) is 3.33. The Labute approximate surface area is 69.7 Å². The molecule has 0 spiro atoms. The summed E-state index contributed by atoms with van der Waals surface area (Å²) in [6.45, 7) is 6.34. The maximum absolute atomic E-state index is 8.38. The summed E-state index contributed by atoms with van der Waals surface area (Å²) < 4.78 is 0. The molecule has 0 saturated heterocycles. The van der Waals surface area contributed by atoms with Crippen molar-refractivity contribution in [1.82, 2.24) is 0 Å². The Morgan fingerprint density at radius 1 is 1.55 bits per heavy atom. The molecule has 1 atom stereocenters. The molecule has 0 aromatic heterocycles. The van der Waals surface area contributed by atoms with Gasteiger partial charge in [-0.05, 0) is 32.6 Å². The van der Waals surface area contributed by atoms with Crippen molar-refractivity contribution in [2.45, 2.75) is 40.0 Å². The smallest absolute Gasteiger partial charge is 0.0624 e. The molecule has 0 amide bonds. The zero-order valence-corrected chi connectivity index (χ0v) is 7.72. The van der Waals surface area contributed by atoms with E-state index in [4.69, 9.17) is 5.26 Å². The molecule has 0 aliphatic heterocycles. The van der Waals surface area contributed by atoms with Gasteiger partial charge in [0.25, 0.3) is 0 Å². The van der Waals surface area contributed by atoms with E-state index in [9.17, 15) is 0 Å². The Bertz CT molecular complexity index is 158. The van der Waals surface area contributed by atoms with Gasteiger partial charge in [-0.3, -0.25) is 0 Å². The van der Waals surface area contributed by atoms with E-state index in [2.05, 4.69) is 32.9 Å². The van der Waals surface area contributed by atoms with Crippen LogP contribution in [0.4, 0.5) is 0 Å². The van der Waals surface area contributed by atoms with Gasteiger partial charge in [-0.2, -0.15) is 5.26 Å². The van der Waals surface area contributed by atoms with Gasteiger partial charge in [0.1, 0.15) is 0 Å². The van der Waals surface area contributed by atoms with Gasteiger partial charge in [-0.25, -0.2) is 0 Å². The van der Waals surface area contributed by atoms with Crippen LogP contribution in [0.3, 0.4) is 0 Å². The van der Waals surface area contributed by atoms with Gasteiger partial charge in [0.2, 0.25) is 0 Å². The van der Waals surface area contributed by atoms with Gasteiger partial charge in [-0.15, -0.1) is 0 Å². The first-order chi connectivity index (χ1) is 5.16. The number of hydrogen-bond acceptors (Lipinski definition) is 1. The average Bonchev–Trinajstić information content (AvgIpc) is 1.87. The normalized spacial score (nSPS) is 11.8. The largest absolute Gasteiger partial charge is 0.198 e. The first-order valence-corrected chi connectivity index (χ1v) is 4.17. The minimum absolute atomic E-state index is 0.551. The molecular weight excluding hydrogens is 134 g/mol. The van der Waals surface area contributed by atoms with E-state index < -0.39 is 0 Å². The number of hydrogen-bond donors (Lipinski definition) is 0. The first-order valence-electron chi connectivity index (χ1n) is 4.17. The Balaban J connectivity index is 3.40. The molecule has 11 heavy (non-hydrogen) atoms. The standard InChI is InChI=1S/C10H17N/c1-9(2)5-4-6-10(3)7-8-11/h5,10H,4,6-7H2,1-3H3. The van der Waals surface area contributed by atoms with Crippen LogP contribution < -0.4 is 0 Å². The molecule has 0 aromatic rings. The van der Waals surface area contributed by atoms with Crippen molar-refractivity contribution in [3.63, 3.8) is 0 Å². The van der Waals surface area contributed by atoms with Gasteiger partial charge >= 0.3 is 0 Å². The third-order valence-corrected chi connectivity index (χ3v) is 1.65. The fourth-order valence-electron chi connectivity index (χ4n) is 0.914. The zero-order chi connectivity index (χ0) is 8.69. The second-order valence-electron chi connectivity index (χ2n) is 3.33. The van der Waals surface area contributed by atoms with Crippen LogP contribution in [-0.4, -0.2) is 0 Å². The minimum atomic E-state index is 0.551. The Morgan fingerprint density at radius 2 is 2.18 bits per heavy atom. The van der Waals surface area contributed by atoms with Crippen LogP contribution in [-0.2, 0) is 0 Å². The molecule has 0 aliphatic rings. The number of nitriles is 1. The summed E-state index contributed by atoms with van der Waals surface area (Å²) in [6.07, 6.45) is 5.17. The molecule has 0 bridgehead atoms. The predicted octanol–water partition coefficient (Wildman–Crippen LogP) is 3.28. The molecule has 1 heteroatoms. The molecule has 0 aliphatic carbocycles. The summed E-state index contributed by atoms with van der Waals surface area (Å²) in [5.74, 6) is 0.551. The van der Waals surface area contributed by atoms with Crippen LogP contribution in [0.2, 0.25) is 0 Å². The second kappa shape index (κ2) is 5.97. The molecule has 0 N–H and O–H groups in total. The molecular formula is C10H17N. The van der Waals surface area contributed by atoms with Gasteiger partial charge in [0.05, 0.1) is 6.07 Å². The van der Waals surface area contributed by atoms with E-state index >= 15 is 0 Å². The Kier molecular flexibility index (Phi) is 5.56. The lowest BCUT2D eigenvalue weighted by Crippen LogP contribution is -1.91. The predicted molar refractivity (Wildman–Crippen MR) is 48.1 cm³/mol. The molecule has 1 unspecified atom stereocenters. The van der Waals surface area contributed by atoms with Gasteiger partial charge in [0, 0.05) is 6.42 Å². The van der Waals surface area contributed by atoms with Gasteiger partial charge in [-0.1, -0.05) is 18.6 Å². The fraction of sp³-hybridized carbons (Fsp3) is 0.700. The van der Waals surface area contributed by atoms with Crippen molar-refractivity contribution >= 4 is 0 Å². The van der Waals surface area contributed by atoms with Crippen molar-refractivity contribution in [2.24, 2.45) is 5.92 Å². The number of rotatable bonds is 4.